The minimum absolute atomic E-state index is 0.205. The zero-order valence-corrected chi connectivity index (χ0v) is 11.9. The molecule has 1 heterocycles. The van der Waals surface area contributed by atoms with E-state index in [0.29, 0.717) is 0 Å². The Morgan fingerprint density at radius 2 is 1.84 bits per heavy atom. The third-order valence-corrected chi connectivity index (χ3v) is 3.12. The van der Waals surface area contributed by atoms with E-state index in [0.717, 1.165) is 22.9 Å². The van der Waals surface area contributed by atoms with Gasteiger partial charge in [0, 0.05) is 17.6 Å². The van der Waals surface area contributed by atoms with Gasteiger partial charge in [-0.05, 0) is 37.6 Å². The van der Waals surface area contributed by atoms with Gasteiger partial charge >= 0.3 is 0 Å². The van der Waals surface area contributed by atoms with Gasteiger partial charge in [-0.15, -0.1) is 0 Å². The van der Waals surface area contributed by atoms with E-state index in [1.165, 1.54) is 5.56 Å². The van der Waals surface area contributed by atoms with Crippen molar-refractivity contribution in [3.05, 3.63) is 53.3 Å². The van der Waals surface area contributed by atoms with E-state index in [9.17, 15) is 0 Å². The fraction of sp³-hybridized carbons (Fsp3) is 0.267. The summed E-state index contributed by atoms with van der Waals surface area (Å²) in [5, 5.41) is 7.44. The van der Waals surface area contributed by atoms with Gasteiger partial charge in [-0.25, -0.2) is 0 Å². The van der Waals surface area contributed by atoms with Gasteiger partial charge in [0.05, 0.1) is 23.8 Å². The lowest BCUT2D eigenvalue weighted by atomic mass is 10.1. The van der Waals surface area contributed by atoms with Crippen LogP contribution in [0.15, 0.2) is 42.7 Å². The fourth-order valence-corrected chi connectivity index (χ4v) is 2.03. The maximum absolute atomic E-state index is 5.89. The molecular formula is C15H18ClN3. The Balaban J connectivity index is 2.07. The summed E-state index contributed by atoms with van der Waals surface area (Å²) in [6, 6.07) is 10.1. The number of hydrogen-bond donors (Lipinski definition) is 2. The highest BCUT2D eigenvalue weighted by Crippen LogP contribution is 2.22. The first-order valence-corrected chi connectivity index (χ1v) is 6.77. The van der Waals surface area contributed by atoms with Crippen LogP contribution in [0.2, 0.25) is 5.02 Å². The van der Waals surface area contributed by atoms with Crippen molar-refractivity contribution < 1.29 is 0 Å². The van der Waals surface area contributed by atoms with Crippen molar-refractivity contribution in [2.45, 2.75) is 19.9 Å². The summed E-state index contributed by atoms with van der Waals surface area (Å²) >= 11 is 5.89. The largest absolute Gasteiger partial charge is 0.384 e. The first-order valence-electron chi connectivity index (χ1n) is 6.40. The van der Waals surface area contributed by atoms with Crippen LogP contribution in [-0.4, -0.2) is 11.5 Å². The molecular weight excluding hydrogens is 258 g/mol. The molecule has 4 heteroatoms. The molecule has 2 N–H and O–H groups in total. The highest BCUT2D eigenvalue weighted by atomic mass is 35.5. The van der Waals surface area contributed by atoms with Gasteiger partial charge in [0.15, 0.2) is 0 Å². The molecule has 1 unspecified atom stereocenters. The minimum atomic E-state index is 0.205. The first-order chi connectivity index (χ1) is 9.19. The second-order valence-electron chi connectivity index (χ2n) is 4.41. The number of hydrogen-bond acceptors (Lipinski definition) is 3. The number of halogens is 1. The SMILES string of the molecule is CCNc1cncc(NC(C)c2ccc(Cl)cc2)c1. The molecule has 0 aliphatic rings. The molecule has 100 valence electrons. The zero-order valence-electron chi connectivity index (χ0n) is 11.2. The summed E-state index contributed by atoms with van der Waals surface area (Å²) in [5.74, 6) is 0. The smallest absolute Gasteiger partial charge is 0.0552 e. The Morgan fingerprint density at radius 1 is 1.16 bits per heavy atom. The van der Waals surface area contributed by atoms with Gasteiger partial charge in [0.2, 0.25) is 0 Å². The lowest BCUT2D eigenvalue weighted by Gasteiger charge is -2.16. The van der Waals surface area contributed by atoms with Crippen molar-refractivity contribution >= 4 is 23.0 Å². The summed E-state index contributed by atoms with van der Waals surface area (Å²) in [6.45, 7) is 5.07. The average Bonchev–Trinajstić information content (AvgIpc) is 2.40. The summed E-state index contributed by atoms with van der Waals surface area (Å²) in [7, 11) is 0. The van der Waals surface area contributed by atoms with Crippen LogP contribution in [-0.2, 0) is 0 Å². The van der Waals surface area contributed by atoms with E-state index in [1.54, 1.807) is 0 Å². The highest BCUT2D eigenvalue weighted by Gasteiger charge is 2.05. The Morgan fingerprint density at radius 3 is 2.53 bits per heavy atom. The number of rotatable bonds is 5. The molecule has 3 nitrogen and oxygen atoms in total. The van der Waals surface area contributed by atoms with E-state index >= 15 is 0 Å². The van der Waals surface area contributed by atoms with Crippen LogP contribution in [0, 0.1) is 0 Å². The standard InChI is InChI=1S/C15H18ClN3/c1-3-18-14-8-15(10-17-9-14)19-11(2)12-4-6-13(16)7-5-12/h4-11,18-19H,3H2,1-2H3. The lowest BCUT2D eigenvalue weighted by molar-refractivity contribution is 0.883. The predicted molar refractivity (Wildman–Crippen MR) is 81.9 cm³/mol. The molecule has 0 bridgehead atoms. The van der Waals surface area contributed by atoms with Crippen LogP contribution in [0.4, 0.5) is 11.4 Å². The number of aromatic nitrogens is 1. The maximum Gasteiger partial charge on any atom is 0.0552 e. The Hall–Kier alpha value is -1.74. The van der Waals surface area contributed by atoms with Crippen LogP contribution in [0.25, 0.3) is 0 Å². The van der Waals surface area contributed by atoms with Crippen LogP contribution in [0.5, 0.6) is 0 Å². The Kier molecular flexibility index (Phi) is 4.63. The number of nitrogens with zero attached hydrogens (tertiary/aromatic N) is 1. The van der Waals surface area contributed by atoms with Gasteiger partial charge in [-0.2, -0.15) is 0 Å². The molecule has 0 amide bonds. The second-order valence-corrected chi connectivity index (χ2v) is 4.85. The molecule has 19 heavy (non-hydrogen) atoms. The van der Waals surface area contributed by atoms with Crippen molar-refractivity contribution in [1.29, 1.82) is 0 Å². The normalized spacial score (nSPS) is 11.9. The Bertz CT molecular complexity index is 525. The second kappa shape index (κ2) is 6.43. The van der Waals surface area contributed by atoms with Gasteiger partial charge in [0.1, 0.15) is 0 Å². The predicted octanol–water partition coefficient (Wildman–Crippen LogP) is 4.34. The van der Waals surface area contributed by atoms with Gasteiger partial charge in [-0.1, -0.05) is 23.7 Å². The molecule has 1 aromatic heterocycles. The van der Waals surface area contributed by atoms with Gasteiger partial charge in [0.25, 0.3) is 0 Å². The van der Waals surface area contributed by atoms with Crippen LogP contribution in [0.3, 0.4) is 0 Å². The van der Waals surface area contributed by atoms with Crippen molar-refractivity contribution in [3.8, 4) is 0 Å². The van der Waals surface area contributed by atoms with E-state index in [1.807, 2.05) is 36.7 Å². The summed E-state index contributed by atoms with van der Waals surface area (Å²) in [5.41, 5.74) is 3.22. The molecule has 0 aliphatic carbocycles. The van der Waals surface area contributed by atoms with Crippen molar-refractivity contribution in [2.75, 3.05) is 17.2 Å². The number of benzene rings is 1. The number of pyridine rings is 1. The van der Waals surface area contributed by atoms with Crippen LogP contribution in [0.1, 0.15) is 25.5 Å². The van der Waals surface area contributed by atoms with Crippen molar-refractivity contribution in [2.24, 2.45) is 0 Å². The molecule has 2 rings (SSSR count). The average molecular weight is 276 g/mol. The zero-order chi connectivity index (χ0) is 13.7. The molecule has 0 saturated heterocycles. The van der Waals surface area contributed by atoms with Crippen molar-refractivity contribution in [1.82, 2.24) is 4.98 Å². The van der Waals surface area contributed by atoms with Crippen LogP contribution < -0.4 is 10.6 Å². The molecule has 0 radical (unpaired) electrons. The van der Waals surface area contributed by atoms with Crippen LogP contribution >= 0.6 is 11.6 Å². The Labute approximate surface area is 119 Å². The molecule has 0 fully saturated rings. The van der Waals surface area contributed by atoms with E-state index in [-0.39, 0.29) is 6.04 Å². The summed E-state index contributed by atoms with van der Waals surface area (Å²) < 4.78 is 0. The molecule has 1 atom stereocenters. The molecule has 0 saturated carbocycles. The molecule has 0 spiro atoms. The van der Waals surface area contributed by atoms with E-state index in [2.05, 4.69) is 35.5 Å². The van der Waals surface area contributed by atoms with E-state index in [4.69, 9.17) is 11.6 Å². The first kappa shape index (κ1) is 13.7. The summed E-state index contributed by atoms with van der Waals surface area (Å²) in [6.07, 6.45) is 3.65. The lowest BCUT2D eigenvalue weighted by Crippen LogP contribution is -2.07. The monoisotopic (exact) mass is 275 g/mol. The quantitative estimate of drug-likeness (QED) is 0.852. The number of anilines is 2. The maximum atomic E-state index is 5.89. The topological polar surface area (TPSA) is 37.0 Å². The fourth-order valence-electron chi connectivity index (χ4n) is 1.90. The minimum Gasteiger partial charge on any atom is -0.384 e. The number of nitrogens with one attached hydrogen (secondary N) is 2. The van der Waals surface area contributed by atoms with Gasteiger partial charge in [-0.3, -0.25) is 4.98 Å². The third-order valence-electron chi connectivity index (χ3n) is 2.87. The highest BCUT2D eigenvalue weighted by molar-refractivity contribution is 6.30. The molecule has 1 aromatic carbocycles. The third kappa shape index (κ3) is 3.86. The molecule has 0 aliphatic heterocycles. The summed E-state index contributed by atoms with van der Waals surface area (Å²) in [4.78, 5) is 4.22. The van der Waals surface area contributed by atoms with Gasteiger partial charge < -0.3 is 10.6 Å². The van der Waals surface area contributed by atoms with E-state index < -0.39 is 0 Å². The van der Waals surface area contributed by atoms with Crippen molar-refractivity contribution in [3.63, 3.8) is 0 Å². The molecule has 2 aromatic rings.